The van der Waals surface area contributed by atoms with Crippen molar-refractivity contribution < 1.29 is 0 Å². The first kappa shape index (κ1) is 15.3. The summed E-state index contributed by atoms with van der Waals surface area (Å²) in [5.41, 5.74) is 7.61. The Kier molecular flexibility index (Phi) is 5.05. The van der Waals surface area contributed by atoms with Gasteiger partial charge in [-0.25, -0.2) is 0 Å². The fourth-order valence-electron chi connectivity index (χ4n) is 2.70. The van der Waals surface area contributed by atoms with Crippen LogP contribution in [0.3, 0.4) is 0 Å². The van der Waals surface area contributed by atoms with Crippen LogP contribution in [0.25, 0.3) is 0 Å². The Hall–Kier alpha value is -1.07. The standard InChI is InChI=1S/C15H23BrN4/c1-3-11(2)19-7-9-20(10-8-19)13-6-4-5-12(16)14(13)15(17)18/h4-6,11H,3,7-10H2,1-2H3,(H3,17,18). The molecule has 20 heavy (non-hydrogen) atoms. The van der Waals surface area contributed by atoms with Gasteiger partial charge in [-0.05, 0) is 41.4 Å². The van der Waals surface area contributed by atoms with Crippen LogP contribution in [0.2, 0.25) is 0 Å². The molecule has 1 heterocycles. The van der Waals surface area contributed by atoms with Crippen molar-refractivity contribution in [1.82, 2.24) is 4.90 Å². The molecule has 1 saturated heterocycles. The second-order valence-electron chi connectivity index (χ2n) is 5.33. The number of nitrogens with one attached hydrogen (secondary N) is 1. The molecule has 0 bridgehead atoms. The highest BCUT2D eigenvalue weighted by atomic mass is 79.9. The highest BCUT2D eigenvalue weighted by molar-refractivity contribution is 9.10. The summed E-state index contributed by atoms with van der Waals surface area (Å²) in [6.45, 7) is 8.63. The van der Waals surface area contributed by atoms with E-state index in [0.717, 1.165) is 41.9 Å². The molecule has 1 unspecified atom stereocenters. The number of piperazine rings is 1. The van der Waals surface area contributed by atoms with Gasteiger partial charge in [0.15, 0.2) is 0 Å². The lowest BCUT2D eigenvalue weighted by molar-refractivity contribution is 0.193. The number of amidine groups is 1. The maximum atomic E-state index is 7.78. The Morgan fingerprint density at radius 1 is 1.35 bits per heavy atom. The molecule has 0 amide bonds. The van der Waals surface area contributed by atoms with Crippen LogP contribution < -0.4 is 10.6 Å². The molecular weight excluding hydrogens is 316 g/mol. The summed E-state index contributed by atoms with van der Waals surface area (Å²) in [5, 5.41) is 7.78. The monoisotopic (exact) mass is 338 g/mol. The van der Waals surface area contributed by atoms with Crippen molar-refractivity contribution in [2.24, 2.45) is 5.73 Å². The van der Waals surface area contributed by atoms with E-state index in [4.69, 9.17) is 11.1 Å². The van der Waals surface area contributed by atoms with Crippen molar-refractivity contribution in [1.29, 1.82) is 5.41 Å². The minimum Gasteiger partial charge on any atom is -0.384 e. The van der Waals surface area contributed by atoms with Crippen LogP contribution in [0.4, 0.5) is 5.69 Å². The molecule has 5 heteroatoms. The van der Waals surface area contributed by atoms with E-state index >= 15 is 0 Å². The van der Waals surface area contributed by atoms with Gasteiger partial charge in [0.2, 0.25) is 0 Å². The molecule has 1 aromatic rings. The summed E-state index contributed by atoms with van der Waals surface area (Å²) in [5.74, 6) is 0.122. The van der Waals surface area contributed by atoms with Gasteiger partial charge in [0.05, 0.1) is 5.56 Å². The summed E-state index contributed by atoms with van der Waals surface area (Å²) < 4.78 is 0.895. The van der Waals surface area contributed by atoms with Crippen molar-refractivity contribution in [3.8, 4) is 0 Å². The van der Waals surface area contributed by atoms with Crippen LogP contribution >= 0.6 is 15.9 Å². The first-order chi connectivity index (χ1) is 9.54. The maximum absolute atomic E-state index is 7.78. The zero-order valence-corrected chi connectivity index (χ0v) is 13.8. The molecule has 2 rings (SSSR count). The Balaban J connectivity index is 2.15. The molecule has 110 valence electrons. The molecule has 1 aromatic carbocycles. The first-order valence-electron chi connectivity index (χ1n) is 7.16. The van der Waals surface area contributed by atoms with Crippen LogP contribution in [-0.4, -0.2) is 43.0 Å². The lowest BCUT2D eigenvalue weighted by atomic mass is 10.1. The van der Waals surface area contributed by atoms with E-state index < -0.39 is 0 Å². The predicted molar refractivity (Wildman–Crippen MR) is 88.7 cm³/mol. The molecule has 0 spiro atoms. The summed E-state index contributed by atoms with van der Waals surface area (Å²) in [7, 11) is 0. The summed E-state index contributed by atoms with van der Waals surface area (Å²) >= 11 is 3.50. The smallest absolute Gasteiger partial charge is 0.126 e. The number of anilines is 1. The van der Waals surface area contributed by atoms with Crippen molar-refractivity contribution in [2.45, 2.75) is 26.3 Å². The summed E-state index contributed by atoms with van der Waals surface area (Å²) in [6.07, 6.45) is 1.19. The molecule has 4 nitrogen and oxygen atoms in total. The van der Waals surface area contributed by atoms with Crippen LogP contribution in [0.5, 0.6) is 0 Å². The van der Waals surface area contributed by atoms with Crippen molar-refractivity contribution in [3.63, 3.8) is 0 Å². The minimum atomic E-state index is 0.122. The van der Waals surface area contributed by atoms with Gasteiger partial charge < -0.3 is 10.6 Å². The number of hydrogen-bond acceptors (Lipinski definition) is 3. The highest BCUT2D eigenvalue weighted by Gasteiger charge is 2.23. The highest BCUT2D eigenvalue weighted by Crippen LogP contribution is 2.28. The summed E-state index contributed by atoms with van der Waals surface area (Å²) in [6, 6.07) is 6.65. The fourth-order valence-corrected chi connectivity index (χ4v) is 3.27. The lowest BCUT2D eigenvalue weighted by Crippen LogP contribution is -2.49. The quantitative estimate of drug-likeness (QED) is 0.655. The van der Waals surface area contributed by atoms with Gasteiger partial charge in [-0.15, -0.1) is 0 Å². The third kappa shape index (κ3) is 3.15. The van der Waals surface area contributed by atoms with E-state index in [2.05, 4.69) is 45.6 Å². The molecule has 0 aromatic heterocycles. The van der Waals surface area contributed by atoms with E-state index in [0.29, 0.717) is 6.04 Å². The van der Waals surface area contributed by atoms with E-state index in [1.165, 1.54) is 6.42 Å². The van der Waals surface area contributed by atoms with Crippen LogP contribution in [-0.2, 0) is 0 Å². The van der Waals surface area contributed by atoms with E-state index in [-0.39, 0.29) is 5.84 Å². The van der Waals surface area contributed by atoms with Gasteiger partial charge >= 0.3 is 0 Å². The van der Waals surface area contributed by atoms with Crippen LogP contribution in [0.1, 0.15) is 25.8 Å². The molecule has 1 atom stereocenters. The molecule has 3 N–H and O–H groups in total. The molecule has 0 aliphatic carbocycles. The molecule has 1 aliphatic rings. The van der Waals surface area contributed by atoms with E-state index in [9.17, 15) is 0 Å². The van der Waals surface area contributed by atoms with Gasteiger partial charge in [0, 0.05) is 42.4 Å². The average Bonchev–Trinajstić information content (AvgIpc) is 2.46. The Morgan fingerprint density at radius 3 is 2.55 bits per heavy atom. The van der Waals surface area contributed by atoms with Gasteiger partial charge in [-0.2, -0.15) is 0 Å². The third-order valence-corrected chi connectivity index (χ3v) is 4.79. The Bertz CT molecular complexity index is 481. The second kappa shape index (κ2) is 6.59. The van der Waals surface area contributed by atoms with Gasteiger partial charge in [-0.1, -0.05) is 13.0 Å². The number of nitrogens with zero attached hydrogens (tertiary/aromatic N) is 2. The lowest BCUT2D eigenvalue weighted by Gasteiger charge is -2.39. The van der Waals surface area contributed by atoms with Gasteiger partial charge in [0.1, 0.15) is 5.84 Å². The Morgan fingerprint density at radius 2 is 2.00 bits per heavy atom. The molecule has 0 radical (unpaired) electrons. The zero-order chi connectivity index (χ0) is 14.7. The Labute approximate surface area is 129 Å². The number of nitrogen functional groups attached to an aromatic ring is 1. The molecule has 1 fully saturated rings. The summed E-state index contributed by atoms with van der Waals surface area (Å²) in [4.78, 5) is 4.86. The first-order valence-corrected chi connectivity index (χ1v) is 7.95. The minimum absolute atomic E-state index is 0.122. The second-order valence-corrected chi connectivity index (χ2v) is 6.18. The average molecular weight is 339 g/mol. The van der Waals surface area contributed by atoms with Crippen molar-refractivity contribution >= 4 is 27.5 Å². The topological polar surface area (TPSA) is 56.4 Å². The van der Waals surface area contributed by atoms with E-state index in [1.54, 1.807) is 0 Å². The number of rotatable bonds is 4. The van der Waals surface area contributed by atoms with Crippen molar-refractivity contribution in [3.05, 3.63) is 28.2 Å². The fraction of sp³-hybridized carbons (Fsp3) is 0.533. The van der Waals surface area contributed by atoms with Gasteiger partial charge in [-0.3, -0.25) is 10.3 Å². The normalized spacial score (nSPS) is 18.1. The van der Waals surface area contributed by atoms with Crippen LogP contribution in [0, 0.1) is 5.41 Å². The number of halogens is 1. The van der Waals surface area contributed by atoms with E-state index in [1.807, 2.05) is 12.1 Å². The zero-order valence-electron chi connectivity index (χ0n) is 12.2. The van der Waals surface area contributed by atoms with Crippen molar-refractivity contribution in [2.75, 3.05) is 31.1 Å². The largest absolute Gasteiger partial charge is 0.384 e. The number of nitrogens with two attached hydrogens (primary N) is 1. The number of benzene rings is 1. The third-order valence-electron chi connectivity index (χ3n) is 4.13. The predicted octanol–water partition coefficient (Wildman–Crippen LogP) is 2.65. The van der Waals surface area contributed by atoms with Crippen LogP contribution in [0.15, 0.2) is 22.7 Å². The SMILES string of the molecule is CCC(C)N1CCN(c2cccc(Br)c2C(=N)N)CC1. The molecular formula is C15H23BrN4. The molecule has 0 saturated carbocycles. The van der Waals surface area contributed by atoms with Gasteiger partial charge in [0.25, 0.3) is 0 Å². The maximum Gasteiger partial charge on any atom is 0.126 e. The number of hydrogen-bond donors (Lipinski definition) is 2. The molecule has 1 aliphatic heterocycles.